The van der Waals surface area contributed by atoms with E-state index < -0.39 is 0 Å². The third-order valence-corrected chi connectivity index (χ3v) is 2.78. The maximum atomic E-state index is 11.9. The number of rotatable bonds is 2. The number of hydrogen-bond donors (Lipinski definition) is 1. The topological polar surface area (TPSA) is 40.5 Å². The molecule has 0 atom stereocenters. The first-order valence-corrected chi connectivity index (χ1v) is 5.30. The van der Waals surface area contributed by atoms with E-state index in [-0.39, 0.29) is 13.4 Å². The van der Waals surface area contributed by atoms with Gasteiger partial charge in [0.05, 0.1) is 0 Å². The Morgan fingerprint density at radius 3 is 2.33 bits per heavy atom. The molecule has 1 saturated heterocycles. The minimum atomic E-state index is 0.0260. The van der Waals surface area contributed by atoms with Crippen LogP contribution in [0.3, 0.4) is 0 Å². The largest absolute Gasteiger partial charge is 0.449 e. The van der Waals surface area contributed by atoms with E-state index >= 15 is 0 Å². The van der Waals surface area contributed by atoms with E-state index in [9.17, 15) is 4.79 Å². The molecule has 0 aliphatic carbocycles. The van der Waals surface area contributed by atoms with Crippen molar-refractivity contribution in [1.29, 1.82) is 0 Å². The van der Waals surface area contributed by atoms with E-state index in [1.807, 2.05) is 4.90 Å². The Hall–Kier alpha value is -1.29. The number of carbonyl (C=O) groups is 1. The van der Waals surface area contributed by atoms with Gasteiger partial charge in [-0.2, -0.15) is 0 Å². The van der Waals surface area contributed by atoms with Crippen molar-refractivity contribution in [3.8, 4) is 0 Å². The molecule has 2 rings (SSSR count). The molecule has 1 N–H and O–H groups in total. The highest BCUT2D eigenvalue weighted by Crippen LogP contribution is 2.11. The third-order valence-electron chi connectivity index (χ3n) is 2.78. The summed E-state index contributed by atoms with van der Waals surface area (Å²) in [6.45, 7) is 1.75. The summed E-state index contributed by atoms with van der Waals surface area (Å²) in [5.41, 5.74) is 1.56. The van der Waals surface area contributed by atoms with Crippen molar-refractivity contribution in [2.45, 2.75) is 12.8 Å². The highest BCUT2D eigenvalue weighted by molar-refractivity contribution is 6.45. The van der Waals surface area contributed by atoms with Gasteiger partial charge in [-0.25, -0.2) is 0 Å². The number of nitrogens with zero attached hydrogens (tertiary/aromatic N) is 1. The quantitative estimate of drug-likeness (QED) is 0.681. The fourth-order valence-electron chi connectivity index (χ4n) is 1.86. The summed E-state index contributed by atoms with van der Waals surface area (Å²) < 4.78 is 0. The van der Waals surface area contributed by atoms with Gasteiger partial charge in [-0.15, -0.1) is 0 Å². The van der Waals surface area contributed by atoms with E-state index in [0.29, 0.717) is 5.56 Å². The second-order valence-electron chi connectivity index (χ2n) is 3.85. The van der Waals surface area contributed by atoms with Crippen LogP contribution in [-0.4, -0.2) is 36.4 Å². The number of likely N-dealkylation sites (tertiary alicyclic amines) is 1. The number of hydrogen-bond acceptors (Lipinski definition) is 2. The summed E-state index contributed by atoms with van der Waals surface area (Å²) in [7, 11) is 0.0260. The van der Waals surface area contributed by atoms with Gasteiger partial charge in [-0.3, -0.25) is 4.79 Å². The Morgan fingerprint density at radius 2 is 1.80 bits per heavy atom. The molecule has 15 heavy (non-hydrogen) atoms. The van der Waals surface area contributed by atoms with Gasteiger partial charge in [0.25, 0.3) is 5.91 Å². The number of amides is 1. The average molecular weight is 203 g/mol. The standard InChI is InChI=1S/C11H14BNO2/c14-11(13-7-1-2-8-13)9-3-5-10(12-15)6-4-9/h3-6,12,15H,1-2,7-8H2. The van der Waals surface area contributed by atoms with Gasteiger partial charge < -0.3 is 9.92 Å². The Labute approximate surface area is 90.0 Å². The normalized spacial score (nSPS) is 15.4. The lowest BCUT2D eigenvalue weighted by Crippen LogP contribution is -2.28. The van der Waals surface area contributed by atoms with Crippen LogP contribution in [0.2, 0.25) is 0 Å². The van der Waals surface area contributed by atoms with Gasteiger partial charge in [0.15, 0.2) is 0 Å². The zero-order valence-corrected chi connectivity index (χ0v) is 8.65. The van der Waals surface area contributed by atoms with Crippen molar-refractivity contribution in [3.63, 3.8) is 0 Å². The van der Waals surface area contributed by atoms with Crippen LogP contribution in [0.25, 0.3) is 0 Å². The Bertz CT molecular complexity index is 344. The van der Waals surface area contributed by atoms with E-state index in [4.69, 9.17) is 5.02 Å². The molecule has 0 aromatic heterocycles. The molecule has 3 nitrogen and oxygen atoms in total. The Balaban J connectivity index is 2.11. The molecule has 0 saturated carbocycles. The van der Waals surface area contributed by atoms with E-state index in [0.717, 1.165) is 31.4 Å². The Kier molecular flexibility index (Phi) is 3.06. The summed E-state index contributed by atoms with van der Waals surface area (Å²) in [6.07, 6.45) is 2.22. The van der Waals surface area contributed by atoms with Crippen molar-refractivity contribution in [1.82, 2.24) is 4.90 Å². The minimum Gasteiger partial charge on any atom is -0.449 e. The van der Waals surface area contributed by atoms with Crippen LogP contribution in [0.1, 0.15) is 23.2 Å². The smallest absolute Gasteiger partial charge is 0.304 e. The van der Waals surface area contributed by atoms with Crippen molar-refractivity contribution in [2.75, 3.05) is 13.1 Å². The van der Waals surface area contributed by atoms with E-state index in [1.165, 1.54) is 0 Å². The molecular formula is C11H14BNO2. The SMILES string of the molecule is O=C(c1ccc(BO)cc1)N1CCCC1. The van der Waals surface area contributed by atoms with Crippen LogP contribution in [0.5, 0.6) is 0 Å². The zero-order chi connectivity index (χ0) is 10.7. The maximum absolute atomic E-state index is 11.9. The van der Waals surface area contributed by atoms with Crippen molar-refractivity contribution < 1.29 is 9.82 Å². The molecule has 1 aliphatic rings. The monoisotopic (exact) mass is 203 g/mol. The molecule has 1 amide bonds. The molecule has 1 aliphatic heterocycles. The first-order valence-electron chi connectivity index (χ1n) is 5.30. The summed E-state index contributed by atoms with van der Waals surface area (Å²) >= 11 is 0. The van der Waals surface area contributed by atoms with Crippen LogP contribution in [0.15, 0.2) is 24.3 Å². The molecule has 0 spiro atoms. The van der Waals surface area contributed by atoms with Gasteiger partial charge in [0.2, 0.25) is 0 Å². The summed E-state index contributed by atoms with van der Waals surface area (Å²) in [5, 5.41) is 8.88. The van der Waals surface area contributed by atoms with Crippen LogP contribution < -0.4 is 5.46 Å². The molecule has 1 aromatic carbocycles. The van der Waals surface area contributed by atoms with Gasteiger partial charge in [0, 0.05) is 18.7 Å². The lowest BCUT2D eigenvalue weighted by atomic mass is 9.88. The Morgan fingerprint density at radius 1 is 1.20 bits per heavy atom. The van der Waals surface area contributed by atoms with Crippen LogP contribution in [0, 0.1) is 0 Å². The second kappa shape index (κ2) is 4.49. The molecule has 0 radical (unpaired) electrons. The lowest BCUT2D eigenvalue weighted by molar-refractivity contribution is 0.0793. The molecule has 0 unspecified atom stereocenters. The fraction of sp³-hybridized carbons (Fsp3) is 0.364. The second-order valence-corrected chi connectivity index (χ2v) is 3.85. The molecule has 78 valence electrons. The lowest BCUT2D eigenvalue weighted by Gasteiger charge is -2.15. The number of benzene rings is 1. The summed E-state index contributed by atoms with van der Waals surface area (Å²) in [6, 6.07) is 7.16. The van der Waals surface area contributed by atoms with Gasteiger partial charge in [-0.1, -0.05) is 17.6 Å². The van der Waals surface area contributed by atoms with Gasteiger partial charge in [0.1, 0.15) is 0 Å². The van der Waals surface area contributed by atoms with Crippen LogP contribution >= 0.6 is 0 Å². The first kappa shape index (κ1) is 10.2. The highest BCUT2D eigenvalue weighted by atomic mass is 16.2. The van der Waals surface area contributed by atoms with E-state index in [2.05, 4.69) is 0 Å². The molecular weight excluding hydrogens is 189 g/mol. The number of carbonyl (C=O) groups excluding carboxylic acids is 1. The van der Waals surface area contributed by atoms with Crippen molar-refractivity contribution in [2.24, 2.45) is 0 Å². The molecule has 4 heteroatoms. The first-order chi connectivity index (χ1) is 7.31. The molecule has 1 heterocycles. The minimum absolute atomic E-state index is 0.0260. The third kappa shape index (κ3) is 2.21. The predicted molar refractivity (Wildman–Crippen MR) is 60.6 cm³/mol. The van der Waals surface area contributed by atoms with Crippen molar-refractivity contribution in [3.05, 3.63) is 29.8 Å². The maximum Gasteiger partial charge on any atom is 0.304 e. The molecule has 0 bridgehead atoms. The van der Waals surface area contributed by atoms with Gasteiger partial charge in [-0.05, 0) is 25.0 Å². The van der Waals surface area contributed by atoms with E-state index in [1.54, 1.807) is 24.3 Å². The summed E-state index contributed by atoms with van der Waals surface area (Å²) in [4.78, 5) is 13.8. The van der Waals surface area contributed by atoms with Gasteiger partial charge >= 0.3 is 7.48 Å². The fourth-order valence-corrected chi connectivity index (χ4v) is 1.86. The molecule has 1 aromatic rings. The van der Waals surface area contributed by atoms with Crippen LogP contribution in [0.4, 0.5) is 0 Å². The highest BCUT2D eigenvalue weighted by Gasteiger charge is 2.18. The molecule has 1 fully saturated rings. The van der Waals surface area contributed by atoms with Crippen molar-refractivity contribution >= 4 is 18.9 Å². The predicted octanol–water partition coefficient (Wildman–Crippen LogP) is -0.108. The average Bonchev–Trinajstić information content (AvgIpc) is 2.82. The zero-order valence-electron chi connectivity index (χ0n) is 8.65. The van der Waals surface area contributed by atoms with Crippen LogP contribution in [-0.2, 0) is 0 Å². The summed E-state index contributed by atoms with van der Waals surface area (Å²) in [5.74, 6) is 0.108.